The molecule has 2 aromatic carbocycles. The molecule has 0 saturated carbocycles. The molecule has 2 heterocycles. The molecule has 0 aliphatic carbocycles. The van der Waals surface area contributed by atoms with Crippen LogP contribution in [0.1, 0.15) is 16.1 Å². The standard InChI is InChI=1S/C23H17F4N5O/c24-15-6-7-16-17(13-18(31-19(16)12-15)14-4-2-1-3-5-14)21(33)28-10-11-30-22-29-9-8-20(32-22)23(25,26)27/h1-9,12-13H,10-11H2,(H,28,33)(H,29,30,32). The van der Waals surface area contributed by atoms with Gasteiger partial charge in [0.15, 0.2) is 0 Å². The first-order valence-electron chi connectivity index (χ1n) is 9.89. The average Bonchev–Trinajstić information content (AvgIpc) is 2.81. The maximum absolute atomic E-state index is 13.8. The summed E-state index contributed by atoms with van der Waals surface area (Å²) in [5.74, 6) is -1.11. The SMILES string of the molecule is O=C(NCCNc1nccc(C(F)(F)F)n1)c1cc(-c2ccccc2)nc2cc(F)ccc12. The van der Waals surface area contributed by atoms with Gasteiger partial charge in [-0.05, 0) is 24.3 Å². The Kier molecular flexibility index (Phi) is 6.16. The minimum absolute atomic E-state index is 0.0874. The lowest BCUT2D eigenvalue weighted by Crippen LogP contribution is -2.29. The van der Waals surface area contributed by atoms with E-state index in [-0.39, 0.29) is 19.0 Å². The third-order valence-corrected chi connectivity index (χ3v) is 4.73. The monoisotopic (exact) mass is 455 g/mol. The molecule has 0 saturated heterocycles. The number of rotatable bonds is 6. The second-order valence-corrected chi connectivity index (χ2v) is 7.03. The van der Waals surface area contributed by atoms with Gasteiger partial charge in [-0.15, -0.1) is 0 Å². The molecule has 0 spiro atoms. The van der Waals surface area contributed by atoms with Gasteiger partial charge in [0.1, 0.15) is 11.5 Å². The van der Waals surface area contributed by atoms with Crippen molar-refractivity contribution in [3.63, 3.8) is 0 Å². The number of benzene rings is 2. The third-order valence-electron chi connectivity index (χ3n) is 4.73. The van der Waals surface area contributed by atoms with Crippen LogP contribution in [0, 0.1) is 5.82 Å². The number of alkyl halides is 3. The van der Waals surface area contributed by atoms with E-state index < -0.39 is 23.6 Å². The molecule has 2 N–H and O–H groups in total. The van der Waals surface area contributed by atoms with Crippen molar-refractivity contribution in [2.75, 3.05) is 18.4 Å². The van der Waals surface area contributed by atoms with Crippen molar-refractivity contribution >= 4 is 22.8 Å². The molecule has 0 bridgehead atoms. The Morgan fingerprint density at radius 3 is 2.48 bits per heavy atom. The van der Waals surface area contributed by atoms with E-state index >= 15 is 0 Å². The fraction of sp³-hybridized carbons (Fsp3) is 0.130. The minimum Gasteiger partial charge on any atom is -0.352 e. The average molecular weight is 455 g/mol. The summed E-state index contributed by atoms with van der Waals surface area (Å²) in [4.78, 5) is 24.5. The number of anilines is 1. The van der Waals surface area contributed by atoms with E-state index in [1.807, 2.05) is 30.3 Å². The molecule has 0 aliphatic heterocycles. The second kappa shape index (κ2) is 9.19. The molecule has 33 heavy (non-hydrogen) atoms. The molecule has 4 aromatic rings. The van der Waals surface area contributed by atoms with Crippen LogP contribution < -0.4 is 10.6 Å². The summed E-state index contributed by atoms with van der Waals surface area (Å²) in [6.45, 7) is 0.181. The largest absolute Gasteiger partial charge is 0.433 e. The molecule has 4 rings (SSSR count). The molecule has 0 aliphatic rings. The number of nitrogens with zero attached hydrogens (tertiary/aromatic N) is 3. The third kappa shape index (κ3) is 5.22. The van der Waals surface area contributed by atoms with E-state index in [4.69, 9.17) is 0 Å². The summed E-state index contributed by atoms with van der Waals surface area (Å²) in [5, 5.41) is 5.82. The Bertz CT molecular complexity index is 1300. The van der Waals surface area contributed by atoms with Crippen LogP contribution in [0.3, 0.4) is 0 Å². The summed E-state index contributed by atoms with van der Waals surface area (Å²) >= 11 is 0. The van der Waals surface area contributed by atoms with Crippen molar-refractivity contribution in [3.05, 3.63) is 83.9 Å². The summed E-state index contributed by atoms with van der Waals surface area (Å²) in [7, 11) is 0. The van der Waals surface area contributed by atoms with E-state index in [1.165, 1.54) is 18.2 Å². The van der Waals surface area contributed by atoms with Gasteiger partial charge < -0.3 is 10.6 Å². The van der Waals surface area contributed by atoms with E-state index in [0.717, 1.165) is 17.8 Å². The topological polar surface area (TPSA) is 79.8 Å². The Labute approximate surface area is 185 Å². The molecule has 0 fully saturated rings. The van der Waals surface area contributed by atoms with Crippen LogP contribution >= 0.6 is 0 Å². The zero-order valence-corrected chi connectivity index (χ0v) is 17.0. The molecular formula is C23H17F4N5O. The Balaban J connectivity index is 1.50. The van der Waals surface area contributed by atoms with Gasteiger partial charge in [0.25, 0.3) is 5.91 Å². The normalized spacial score (nSPS) is 11.4. The Morgan fingerprint density at radius 2 is 1.73 bits per heavy atom. The van der Waals surface area contributed by atoms with Crippen LogP contribution in [0.5, 0.6) is 0 Å². The zero-order valence-electron chi connectivity index (χ0n) is 17.0. The lowest BCUT2D eigenvalue weighted by atomic mass is 10.0. The van der Waals surface area contributed by atoms with Crippen molar-refractivity contribution in [2.24, 2.45) is 0 Å². The molecular weight excluding hydrogens is 438 g/mol. The highest BCUT2D eigenvalue weighted by Crippen LogP contribution is 2.28. The maximum atomic E-state index is 13.8. The van der Waals surface area contributed by atoms with Gasteiger partial charge in [0.05, 0.1) is 16.8 Å². The summed E-state index contributed by atoms with van der Waals surface area (Å²) in [6, 6.07) is 15.5. The van der Waals surface area contributed by atoms with Crippen LogP contribution in [0.2, 0.25) is 0 Å². The van der Waals surface area contributed by atoms with Gasteiger partial charge in [-0.2, -0.15) is 13.2 Å². The van der Waals surface area contributed by atoms with Gasteiger partial charge in [0.2, 0.25) is 5.95 Å². The van der Waals surface area contributed by atoms with Crippen molar-refractivity contribution in [2.45, 2.75) is 6.18 Å². The van der Waals surface area contributed by atoms with Gasteiger partial charge in [0, 0.05) is 36.3 Å². The van der Waals surface area contributed by atoms with Crippen molar-refractivity contribution in [1.29, 1.82) is 0 Å². The molecule has 10 heteroatoms. The minimum atomic E-state index is -4.58. The van der Waals surface area contributed by atoms with Gasteiger partial charge in [-0.3, -0.25) is 4.79 Å². The number of nitrogens with one attached hydrogen (secondary N) is 2. The van der Waals surface area contributed by atoms with Gasteiger partial charge in [-0.25, -0.2) is 19.3 Å². The van der Waals surface area contributed by atoms with Crippen LogP contribution in [0.25, 0.3) is 22.2 Å². The van der Waals surface area contributed by atoms with Crippen molar-refractivity contribution < 1.29 is 22.4 Å². The maximum Gasteiger partial charge on any atom is 0.433 e. The summed E-state index contributed by atoms with van der Waals surface area (Å²) < 4.78 is 52.0. The number of pyridine rings is 1. The predicted octanol–water partition coefficient (Wildman–Crippen LogP) is 4.69. The smallest absolute Gasteiger partial charge is 0.352 e. The molecule has 6 nitrogen and oxygen atoms in total. The first-order chi connectivity index (χ1) is 15.8. The fourth-order valence-electron chi connectivity index (χ4n) is 3.19. The van der Waals surface area contributed by atoms with Crippen LogP contribution in [-0.2, 0) is 6.18 Å². The molecule has 0 radical (unpaired) electrons. The van der Waals surface area contributed by atoms with Crippen LogP contribution in [0.15, 0.2) is 66.9 Å². The number of fused-ring (bicyclic) bond motifs is 1. The molecule has 0 unspecified atom stereocenters. The number of amides is 1. The number of halogens is 4. The second-order valence-electron chi connectivity index (χ2n) is 7.03. The Hall–Kier alpha value is -4.08. The number of hydrogen-bond donors (Lipinski definition) is 2. The number of carbonyl (C=O) groups excluding carboxylic acids is 1. The number of hydrogen-bond acceptors (Lipinski definition) is 5. The van der Waals surface area contributed by atoms with Crippen LogP contribution in [-0.4, -0.2) is 33.9 Å². The van der Waals surface area contributed by atoms with E-state index in [9.17, 15) is 22.4 Å². The molecule has 2 aromatic heterocycles. The first-order valence-corrected chi connectivity index (χ1v) is 9.89. The van der Waals surface area contributed by atoms with E-state index in [0.29, 0.717) is 22.2 Å². The lowest BCUT2D eigenvalue weighted by Gasteiger charge is -2.12. The molecule has 168 valence electrons. The predicted molar refractivity (Wildman–Crippen MR) is 115 cm³/mol. The van der Waals surface area contributed by atoms with E-state index in [2.05, 4.69) is 25.6 Å². The van der Waals surface area contributed by atoms with Gasteiger partial charge >= 0.3 is 6.18 Å². The fourth-order valence-corrected chi connectivity index (χ4v) is 3.19. The zero-order chi connectivity index (χ0) is 23.4. The number of carbonyl (C=O) groups is 1. The Morgan fingerprint density at radius 1 is 0.939 bits per heavy atom. The van der Waals surface area contributed by atoms with Crippen molar-refractivity contribution in [1.82, 2.24) is 20.3 Å². The molecule has 0 atom stereocenters. The van der Waals surface area contributed by atoms with Crippen LogP contribution in [0.4, 0.5) is 23.5 Å². The highest BCUT2D eigenvalue weighted by Gasteiger charge is 2.32. The van der Waals surface area contributed by atoms with E-state index in [1.54, 1.807) is 6.07 Å². The highest BCUT2D eigenvalue weighted by atomic mass is 19.4. The molecule has 1 amide bonds. The lowest BCUT2D eigenvalue weighted by molar-refractivity contribution is -0.141. The van der Waals surface area contributed by atoms with Crippen molar-refractivity contribution in [3.8, 4) is 11.3 Å². The summed E-state index contributed by atoms with van der Waals surface area (Å²) in [5.41, 5.74) is 0.842. The first kappa shape index (κ1) is 22.1. The number of aromatic nitrogens is 3. The highest BCUT2D eigenvalue weighted by molar-refractivity contribution is 6.07. The van der Waals surface area contributed by atoms with Gasteiger partial charge in [-0.1, -0.05) is 30.3 Å². The quantitative estimate of drug-likeness (QED) is 0.326. The summed E-state index contributed by atoms with van der Waals surface area (Å²) in [6.07, 6.45) is -3.57.